The molecular formula is C22H20ClF7N2O4S. The predicted octanol–water partition coefficient (Wildman–Crippen LogP) is 5.35. The summed E-state index contributed by atoms with van der Waals surface area (Å²) in [4.78, 5) is 25.6. The Morgan fingerprint density at radius 2 is 1.54 bits per heavy atom. The molecule has 0 heterocycles. The zero-order valence-corrected chi connectivity index (χ0v) is 20.9. The first-order valence-corrected chi connectivity index (χ1v) is 12.6. The lowest BCUT2D eigenvalue weighted by molar-refractivity contribution is -0.348. The number of sulfone groups is 1. The molecule has 204 valence electrons. The molecule has 15 heteroatoms. The fourth-order valence-electron chi connectivity index (χ4n) is 3.43. The Balaban J connectivity index is 2.40. The minimum atomic E-state index is -6.31. The van der Waals surface area contributed by atoms with Crippen LogP contribution in [-0.4, -0.2) is 50.6 Å². The van der Waals surface area contributed by atoms with Crippen LogP contribution in [0.2, 0.25) is 5.02 Å². The van der Waals surface area contributed by atoms with Crippen LogP contribution in [0.4, 0.5) is 36.4 Å². The Hall–Kier alpha value is -2.87. The smallest absolute Gasteiger partial charge is 0.348 e. The van der Waals surface area contributed by atoms with Crippen LogP contribution >= 0.6 is 11.6 Å². The molecule has 0 radical (unpaired) electrons. The first-order valence-electron chi connectivity index (χ1n) is 10.2. The number of anilines is 1. The molecule has 0 aliphatic rings. The number of aryl methyl sites for hydroxylation is 1. The Bertz CT molecular complexity index is 1300. The summed E-state index contributed by atoms with van der Waals surface area (Å²) in [6.45, 7) is 2.44. The zero-order chi connectivity index (χ0) is 28.6. The van der Waals surface area contributed by atoms with E-state index < -0.39 is 57.0 Å². The molecule has 0 aliphatic carbocycles. The van der Waals surface area contributed by atoms with Crippen molar-refractivity contribution in [3.8, 4) is 0 Å². The first-order chi connectivity index (χ1) is 16.7. The van der Waals surface area contributed by atoms with E-state index in [0.29, 0.717) is 12.1 Å². The molecule has 37 heavy (non-hydrogen) atoms. The molecular weight excluding hydrogens is 557 g/mol. The van der Waals surface area contributed by atoms with E-state index in [9.17, 15) is 48.7 Å². The highest BCUT2D eigenvalue weighted by atomic mass is 35.5. The molecule has 2 aromatic rings. The van der Waals surface area contributed by atoms with Crippen molar-refractivity contribution in [2.24, 2.45) is 0 Å². The summed E-state index contributed by atoms with van der Waals surface area (Å²) in [5.74, 6) is -2.34. The van der Waals surface area contributed by atoms with Gasteiger partial charge in [-0.25, -0.2) is 12.8 Å². The number of carbonyl (C=O) groups is 2. The third kappa shape index (κ3) is 6.72. The number of halogens is 8. The van der Waals surface area contributed by atoms with E-state index in [0.717, 1.165) is 13.2 Å². The number of hydrogen-bond donors (Lipinski definition) is 2. The largest absolute Gasteiger partial charge is 0.435 e. The SMILES string of the molecule is Cc1cc(C(F)(C(F)(F)F)C(F)(F)F)ccc1NC(=O)c1cccc(Cl)c1C(=O)N[C@H](C)CS(C)(=O)=O. The Kier molecular flexibility index (Phi) is 8.60. The Labute approximate surface area is 212 Å². The number of alkyl halides is 7. The summed E-state index contributed by atoms with van der Waals surface area (Å²) < 4.78 is 115. The third-order valence-electron chi connectivity index (χ3n) is 5.07. The molecule has 6 nitrogen and oxygen atoms in total. The summed E-state index contributed by atoms with van der Waals surface area (Å²) in [5.41, 5.74) is -8.66. The van der Waals surface area contributed by atoms with E-state index in [-0.39, 0.29) is 33.5 Å². The second-order valence-corrected chi connectivity index (χ2v) is 10.9. The highest BCUT2D eigenvalue weighted by Crippen LogP contribution is 2.53. The maximum absolute atomic E-state index is 14.3. The van der Waals surface area contributed by atoms with Crippen LogP contribution in [0, 0.1) is 6.92 Å². The molecule has 2 rings (SSSR count). The first kappa shape index (κ1) is 30.4. The van der Waals surface area contributed by atoms with E-state index in [1.807, 2.05) is 0 Å². The fourth-order valence-corrected chi connectivity index (χ4v) is 4.68. The molecule has 0 unspecified atom stereocenters. The molecule has 0 aliphatic heterocycles. The number of amides is 2. The third-order valence-corrected chi connectivity index (χ3v) is 6.49. The quantitative estimate of drug-likeness (QED) is 0.435. The van der Waals surface area contributed by atoms with Gasteiger partial charge in [0.2, 0.25) is 0 Å². The molecule has 2 aromatic carbocycles. The van der Waals surface area contributed by atoms with Crippen LogP contribution in [0.25, 0.3) is 0 Å². The van der Waals surface area contributed by atoms with Crippen molar-refractivity contribution in [3.05, 3.63) is 63.7 Å². The van der Waals surface area contributed by atoms with Gasteiger partial charge in [0.25, 0.3) is 11.8 Å². The predicted molar refractivity (Wildman–Crippen MR) is 122 cm³/mol. The van der Waals surface area contributed by atoms with Gasteiger partial charge in [-0.1, -0.05) is 29.8 Å². The van der Waals surface area contributed by atoms with Gasteiger partial charge in [-0.2, -0.15) is 26.3 Å². The molecule has 0 fully saturated rings. The Morgan fingerprint density at radius 3 is 2.03 bits per heavy atom. The van der Waals surface area contributed by atoms with Gasteiger partial charge < -0.3 is 10.6 Å². The highest BCUT2D eigenvalue weighted by molar-refractivity contribution is 7.90. The maximum Gasteiger partial charge on any atom is 0.435 e. The van der Waals surface area contributed by atoms with Crippen molar-refractivity contribution in [1.29, 1.82) is 0 Å². The van der Waals surface area contributed by atoms with E-state index >= 15 is 0 Å². The number of benzene rings is 2. The maximum atomic E-state index is 14.3. The standard InChI is InChI=1S/C22H20ClF7N2O4S/c1-11-9-13(20(24,21(25,26)27)22(28,29)30)7-8-16(11)32-18(33)14-5-4-6-15(23)17(14)19(34)31-12(2)10-37(3,35)36/h4-9,12H,10H2,1-3H3,(H,31,34)(H,32,33)/t12-/m1/s1. The average molecular weight is 577 g/mol. The lowest BCUT2D eigenvalue weighted by Gasteiger charge is -2.30. The number of hydrogen-bond acceptors (Lipinski definition) is 4. The van der Waals surface area contributed by atoms with Crippen LogP contribution in [0.15, 0.2) is 36.4 Å². The number of carbonyl (C=O) groups excluding carboxylic acids is 2. The highest BCUT2D eigenvalue weighted by Gasteiger charge is 2.73. The summed E-state index contributed by atoms with van der Waals surface area (Å²) in [5, 5.41) is 4.42. The van der Waals surface area contributed by atoms with Crippen LogP contribution < -0.4 is 10.6 Å². The van der Waals surface area contributed by atoms with Crippen molar-refractivity contribution in [3.63, 3.8) is 0 Å². The zero-order valence-electron chi connectivity index (χ0n) is 19.3. The summed E-state index contributed by atoms with van der Waals surface area (Å²) in [6, 6.07) is 4.07. The molecule has 2 N–H and O–H groups in total. The van der Waals surface area contributed by atoms with Crippen LogP contribution in [0.3, 0.4) is 0 Å². The lowest BCUT2D eigenvalue weighted by Crippen LogP contribution is -2.50. The molecule has 0 saturated carbocycles. The topological polar surface area (TPSA) is 92.3 Å². The Morgan fingerprint density at radius 1 is 0.973 bits per heavy atom. The van der Waals surface area contributed by atoms with Gasteiger partial charge in [0.05, 0.1) is 21.9 Å². The molecule has 0 aromatic heterocycles. The monoisotopic (exact) mass is 576 g/mol. The van der Waals surface area contributed by atoms with E-state index in [1.165, 1.54) is 25.1 Å². The normalized spacial score (nSPS) is 13.7. The van der Waals surface area contributed by atoms with Gasteiger partial charge in [-0.3, -0.25) is 9.59 Å². The van der Waals surface area contributed by atoms with E-state index in [4.69, 9.17) is 11.6 Å². The van der Waals surface area contributed by atoms with Gasteiger partial charge in [0, 0.05) is 23.5 Å². The van der Waals surface area contributed by atoms with Crippen molar-refractivity contribution in [2.75, 3.05) is 17.3 Å². The fraction of sp³-hybridized carbons (Fsp3) is 0.364. The molecule has 2 amide bonds. The van der Waals surface area contributed by atoms with E-state index in [1.54, 1.807) is 0 Å². The number of rotatable bonds is 7. The number of nitrogens with one attached hydrogen (secondary N) is 2. The van der Waals surface area contributed by atoms with Gasteiger partial charge in [-0.05, 0) is 37.6 Å². The average Bonchev–Trinajstić information content (AvgIpc) is 2.71. The minimum Gasteiger partial charge on any atom is -0.348 e. The van der Waals surface area contributed by atoms with Gasteiger partial charge in [-0.15, -0.1) is 0 Å². The molecule has 0 saturated heterocycles. The van der Waals surface area contributed by atoms with Crippen LogP contribution in [-0.2, 0) is 15.5 Å². The summed E-state index contributed by atoms with van der Waals surface area (Å²) in [7, 11) is -3.46. The lowest BCUT2D eigenvalue weighted by atomic mass is 9.92. The van der Waals surface area contributed by atoms with E-state index in [2.05, 4.69) is 10.6 Å². The van der Waals surface area contributed by atoms with Gasteiger partial charge >= 0.3 is 18.0 Å². The molecule has 0 bridgehead atoms. The summed E-state index contributed by atoms with van der Waals surface area (Å²) in [6.07, 6.45) is -11.7. The second-order valence-electron chi connectivity index (χ2n) is 8.27. The van der Waals surface area contributed by atoms with Crippen molar-refractivity contribution < 1.29 is 48.7 Å². The van der Waals surface area contributed by atoms with Crippen LogP contribution in [0.5, 0.6) is 0 Å². The van der Waals surface area contributed by atoms with Gasteiger partial charge in [0.1, 0.15) is 9.84 Å². The minimum absolute atomic E-state index is 0.193. The van der Waals surface area contributed by atoms with Crippen molar-refractivity contribution in [2.45, 2.75) is 37.9 Å². The van der Waals surface area contributed by atoms with Crippen molar-refractivity contribution in [1.82, 2.24) is 5.32 Å². The van der Waals surface area contributed by atoms with Gasteiger partial charge in [0.15, 0.2) is 0 Å². The van der Waals surface area contributed by atoms with Crippen molar-refractivity contribution >= 4 is 38.9 Å². The summed E-state index contributed by atoms with van der Waals surface area (Å²) >= 11 is 6.06. The van der Waals surface area contributed by atoms with Crippen LogP contribution in [0.1, 0.15) is 38.8 Å². The molecule has 0 spiro atoms. The second kappa shape index (κ2) is 10.5. The molecule has 1 atom stereocenters.